The second-order valence-electron chi connectivity index (χ2n) is 6.28. The van der Waals surface area contributed by atoms with E-state index in [9.17, 15) is 4.79 Å². The van der Waals surface area contributed by atoms with E-state index in [1.165, 1.54) is 18.9 Å². The van der Waals surface area contributed by atoms with E-state index in [4.69, 9.17) is 33.3 Å². The Labute approximate surface area is 163 Å². The van der Waals surface area contributed by atoms with Gasteiger partial charge >= 0.3 is 0 Å². The zero-order chi connectivity index (χ0) is 18.4. The van der Waals surface area contributed by atoms with Crippen molar-refractivity contribution in [1.82, 2.24) is 16.2 Å². The highest BCUT2D eigenvalue weighted by Gasteiger charge is 2.16. The smallest absolute Gasteiger partial charge is 0.262 e. The molecular weight excluding hydrogens is 374 g/mol. The van der Waals surface area contributed by atoms with Crippen LogP contribution in [-0.2, 0) is 4.79 Å². The first-order valence-corrected chi connectivity index (χ1v) is 9.54. The van der Waals surface area contributed by atoms with Crippen LogP contribution in [0.3, 0.4) is 0 Å². The Bertz CT molecular complexity index is 705. The highest BCUT2D eigenvalue weighted by Crippen LogP contribution is 2.38. The second kappa shape index (κ2) is 9.09. The fourth-order valence-electron chi connectivity index (χ4n) is 2.97. The molecule has 26 heavy (non-hydrogen) atoms. The maximum Gasteiger partial charge on any atom is 0.262 e. The van der Waals surface area contributed by atoms with Gasteiger partial charge in [-0.25, -0.2) is 0 Å². The number of halogens is 1. The minimum absolute atomic E-state index is 0.316. The lowest BCUT2D eigenvalue weighted by atomic mass is 10.2. The first kappa shape index (κ1) is 18.8. The third-order valence-electron chi connectivity index (χ3n) is 4.24. The Balaban J connectivity index is 1.52. The van der Waals surface area contributed by atoms with Crippen molar-refractivity contribution in [2.45, 2.75) is 38.1 Å². The van der Waals surface area contributed by atoms with Crippen molar-refractivity contribution in [3.05, 3.63) is 28.8 Å². The van der Waals surface area contributed by atoms with Crippen LogP contribution in [0.1, 0.15) is 37.7 Å². The fourth-order valence-corrected chi connectivity index (χ4v) is 3.46. The fraction of sp³-hybridized carbons (Fsp3) is 0.444. The lowest BCUT2D eigenvalue weighted by molar-refractivity contribution is -0.116. The van der Waals surface area contributed by atoms with Crippen molar-refractivity contribution in [3.8, 4) is 11.5 Å². The normalized spacial score (nSPS) is 17.0. The maximum atomic E-state index is 11.9. The number of hydrogen-bond acceptors (Lipinski definition) is 4. The molecule has 1 fully saturated rings. The molecule has 1 amide bonds. The molecule has 1 aromatic carbocycles. The molecule has 6 nitrogen and oxygen atoms in total. The Hall–Kier alpha value is -1.99. The molecule has 1 heterocycles. The van der Waals surface area contributed by atoms with Crippen molar-refractivity contribution < 1.29 is 14.3 Å². The third-order valence-corrected chi connectivity index (χ3v) is 4.74. The van der Waals surface area contributed by atoms with Gasteiger partial charge in [-0.05, 0) is 48.8 Å². The predicted octanol–water partition coefficient (Wildman–Crippen LogP) is 2.95. The molecule has 1 aromatic rings. The van der Waals surface area contributed by atoms with Crippen LogP contribution in [0.5, 0.6) is 11.5 Å². The van der Waals surface area contributed by atoms with Crippen LogP contribution in [0.25, 0.3) is 6.08 Å². The van der Waals surface area contributed by atoms with Crippen LogP contribution in [0.2, 0.25) is 5.02 Å². The first-order chi connectivity index (χ1) is 12.6. The summed E-state index contributed by atoms with van der Waals surface area (Å²) >= 11 is 11.4. The van der Waals surface area contributed by atoms with Gasteiger partial charge < -0.3 is 14.8 Å². The number of rotatable bonds is 3. The second-order valence-corrected chi connectivity index (χ2v) is 7.10. The van der Waals surface area contributed by atoms with Gasteiger partial charge in [0, 0.05) is 18.5 Å². The molecule has 0 aromatic heterocycles. The Morgan fingerprint density at radius 3 is 2.73 bits per heavy atom. The average Bonchev–Trinajstić information content (AvgIpc) is 3.00. The number of hydrazine groups is 1. The van der Waals surface area contributed by atoms with Crippen molar-refractivity contribution in [2.24, 2.45) is 0 Å². The number of fused-ring (bicyclic) bond motifs is 1. The Morgan fingerprint density at radius 2 is 1.92 bits per heavy atom. The van der Waals surface area contributed by atoms with E-state index >= 15 is 0 Å². The minimum Gasteiger partial charge on any atom is -0.489 e. The molecule has 3 rings (SSSR count). The lowest BCUT2D eigenvalue weighted by Gasteiger charge is -2.15. The largest absolute Gasteiger partial charge is 0.489 e. The quantitative estimate of drug-likeness (QED) is 0.415. The summed E-state index contributed by atoms with van der Waals surface area (Å²) in [7, 11) is 0. The van der Waals surface area contributed by atoms with Crippen molar-refractivity contribution in [2.75, 3.05) is 13.2 Å². The number of nitrogens with one attached hydrogen (secondary N) is 3. The van der Waals surface area contributed by atoms with Crippen LogP contribution < -0.4 is 25.6 Å². The predicted molar refractivity (Wildman–Crippen MR) is 105 cm³/mol. The summed E-state index contributed by atoms with van der Waals surface area (Å²) in [6, 6.07) is 3.93. The molecule has 0 atom stereocenters. The van der Waals surface area contributed by atoms with Gasteiger partial charge in [-0.1, -0.05) is 24.4 Å². The van der Waals surface area contributed by atoms with Crippen molar-refractivity contribution in [3.63, 3.8) is 0 Å². The van der Waals surface area contributed by atoms with Crippen LogP contribution in [0, 0.1) is 0 Å². The number of benzene rings is 1. The molecule has 0 unspecified atom stereocenters. The maximum absolute atomic E-state index is 11.9. The average molecular weight is 396 g/mol. The zero-order valence-corrected chi connectivity index (χ0v) is 15.9. The summed E-state index contributed by atoms with van der Waals surface area (Å²) in [4.78, 5) is 11.9. The van der Waals surface area contributed by atoms with E-state index in [1.54, 1.807) is 18.2 Å². The number of amides is 1. The summed E-state index contributed by atoms with van der Waals surface area (Å²) in [5.41, 5.74) is 6.01. The highest BCUT2D eigenvalue weighted by atomic mass is 35.5. The topological polar surface area (TPSA) is 71.6 Å². The molecule has 1 aliphatic heterocycles. The van der Waals surface area contributed by atoms with E-state index in [0.29, 0.717) is 40.9 Å². The van der Waals surface area contributed by atoms with Gasteiger partial charge in [0.15, 0.2) is 16.6 Å². The van der Waals surface area contributed by atoms with E-state index in [1.807, 2.05) is 0 Å². The molecule has 8 heteroatoms. The summed E-state index contributed by atoms with van der Waals surface area (Å²) in [6.45, 7) is 1.15. The number of thiocarbonyl (C=S) groups is 1. The molecule has 1 saturated carbocycles. The molecule has 0 spiro atoms. The number of ether oxygens (including phenoxy) is 2. The molecule has 140 valence electrons. The van der Waals surface area contributed by atoms with Gasteiger partial charge in [-0.15, -0.1) is 0 Å². The summed E-state index contributed by atoms with van der Waals surface area (Å²) < 4.78 is 11.2. The SMILES string of the molecule is O=C(/C=C/c1cc(Cl)c2c(c1)OCCCO2)NNC(=S)NC1CCCC1. The van der Waals surface area contributed by atoms with Crippen molar-refractivity contribution in [1.29, 1.82) is 0 Å². The summed E-state index contributed by atoms with van der Waals surface area (Å²) in [5.74, 6) is 0.828. The minimum atomic E-state index is -0.316. The van der Waals surface area contributed by atoms with Crippen LogP contribution in [0.15, 0.2) is 18.2 Å². The third kappa shape index (κ3) is 5.25. The molecule has 0 saturated heterocycles. The first-order valence-electron chi connectivity index (χ1n) is 8.75. The molecule has 1 aliphatic carbocycles. The van der Waals surface area contributed by atoms with Gasteiger partial charge in [0.2, 0.25) is 0 Å². The van der Waals surface area contributed by atoms with Gasteiger partial charge in [0.25, 0.3) is 5.91 Å². The molecular formula is C18H22ClN3O3S. The zero-order valence-electron chi connectivity index (χ0n) is 14.3. The van der Waals surface area contributed by atoms with E-state index in [0.717, 1.165) is 24.8 Å². The van der Waals surface area contributed by atoms with Crippen molar-refractivity contribution >= 4 is 40.9 Å². The summed E-state index contributed by atoms with van der Waals surface area (Å²) in [5, 5.41) is 4.08. The Morgan fingerprint density at radius 1 is 1.15 bits per heavy atom. The van der Waals surface area contributed by atoms with Crippen LogP contribution >= 0.6 is 23.8 Å². The number of hydrogen-bond donors (Lipinski definition) is 3. The summed E-state index contributed by atoms with van der Waals surface area (Å²) in [6.07, 6.45) is 8.52. The van der Waals surface area contributed by atoms with Crippen LogP contribution in [0.4, 0.5) is 0 Å². The van der Waals surface area contributed by atoms with Crippen LogP contribution in [-0.4, -0.2) is 30.3 Å². The standard InChI is InChI=1S/C18H22ClN3O3S/c19-14-10-12(11-15-17(14)25-9-3-8-24-15)6-7-16(23)21-22-18(26)20-13-4-1-2-5-13/h6-7,10-11,13H,1-5,8-9H2,(H,21,23)(H2,20,22,26)/b7-6+. The molecule has 3 N–H and O–H groups in total. The van der Waals surface area contributed by atoms with Gasteiger partial charge in [0.05, 0.1) is 18.2 Å². The van der Waals surface area contributed by atoms with Gasteiger partial charge in [-0.3, -0.25) is 15.6 Å². The molecule has 2 aliphatic rings. The Kier molecular flexibility index (Phi) is 6.57. The monoisotopic (exact) mass is 395 g/mol. The lowest BCUT2D eigenvalue weighted by Crippen LogP contribution is -2.48. The van der Waals surface area contributed by atoms with E-state index < -0.39 is 0 Å². The number of carbonyl (C=O) groups excluding carboxylic acids is 1. The molecule has 0 bridgehead atoms. The number of carbonyl (C=O) groups is 1. The van der Waals surface area contributed by atoms with Gasteiger partial charge in [0.1, 0.15) is 0 Å². The van der Waals surface area contributed by atoms with E-state index in [2.05, 4.69) is 16.2 Å². The molecule has 0 radical (unpaired) electrons. The van der Waals surface area contributed by atoms with Gasteiger partial charge in [-0.2, -0.15) is 0 Å². The highest BCUT2D eigenvalue weighted by molar-refractivity contribution is 7.80. The van der Waals surface area contributed by atoms with E-state index in [-0.39, 0.29) is 5.91 Å².